The maximum Gasteiger partial charge on any atom is 0.145 e. The van der Waals surface area contributed by atoms with Crippen LogP contribution in [-0.4, -0.2) is 27.8 Å². The summed E-state index contributed by atoms with van der Waals surface area (Å²) in [6.45, 7) is 5.70. The van der Waals surface area contributed by atoms with E-state index in [9.17, 15) is 0 Å². The van der Waals surface area contributed by atoms with E-state index in [1.54, 1.807) is 0 Å². The van der Waals surface area contributed by atoms with Gasteiger partial charge in [-0.3, -0.25) is 9.58 Å². The lowest BCUT2D eigenvalue weighted by molar-refractivity contribution is 0.173. The van der Waals surface area contributed by atoms with Gasteiger partial charge in [-0.25, -0.2) is 0 Å². The summed E-state index contributed by atoms with van der Waals surface area (Å²) in [6, 6.07) is 1.97. The van der Waals surface area contributed by atoms with Crippen LogP contribution in [0, 0.1) is 5.92 Å². The molecular weight excluding hydrogens is 188 g/mol. The quantitative estimate of drug-likeness (QED) is 0.795. The fourth-order valence-electron chi connectivity index (χ4n) is 2.34. The fourth-order valence-corrected chi connectivity index (χ4v) is 2.34. The van der Waals surface area contributed by atoms with Crippen molar-refractivity contribution < 1.29 is 0 Å². The Morgan fingerprint density at radius 2 is 2.40 bits per heavy atom. The Morgan fingerprint density at radius 3 is 3.00 bits per heavy atom. The lowest BCUT2D eigenvalue weighted by atomic mass is 10.0. The van der Waals surface area contributed by atoms with Crippen LogP contribution in [0.3, 0.4) is 0 Å². The van der Waals surface area contributed by atoms with Crippen LogP contribution in [0.25, 0.3) is 0 Å². The monoisotopic (exact) mass is 208 g/mol. The first-order valence-corrected chi connectivity index (χ1v) is 5.66. The number of piperidine rings is 1. The molecule has 1 aliphatic heterocycles. The van der Waals surface area contributed by atoms with Crippen molar-refractivity contribution in [3.63, 3.8) is 0 Å². The molecule has 1 aromatic heterocycles. The van der Waals surface area contributed by atoms with Gasteiger partial charge in [0.25, 0.3) is 0 Å². The third-order valence-electron chi connectivity index (χ3n) is 3.12. The van der Waals surface area contributed by atoms with Crippen LogP contribution in [0.5, 0.6) is 0 Å². The molecule has 0 amide bonds. The van der Waals surface area contributed by atoms with Crippen molar-refractivity contribution in [1.82, 2.24) is 14.7 Å². The minimum Gasteiger partial charge on any atom is -0.382 e. The molecule has 4 heteroatoms. The van der Waals surface area contributed by atoms with E-state index < -0.39 is 0 Å². The molecule has 1 saturated heterocycles. The molecular formula is C11H20N4. The maximum atomic E-state index is 5.66. The van der Waals surface area contributed by atoms with Gasteiger partial charge in [0.2, 0.25) is 0 Å². The number of nitrogens with two attached hydrogens (primary N) is 1. The van der Waals surface area contributed by atoms with Gasteiger partial charge in [0.05, 0.1) is 5.69 Å². The minimum atomic E-state index is 0.623. The summed E-state index contributed by atoms with van der Waals surface area (Å²) < 4.78 is 1.88. The van der Waals surface area contributed by atoms with Gasteiger partial charge in [0, 0.05) is 26.2 Å². The van der Waals surface area contributed by atoms with E-state index in [1.807, 2.05) is 17.8 Å². The topological polar surface area (TPSA) is 47.1 Å². The summed E-state index contributed by atoms with van der Waals surface area (Å²) in [6.07, 6.45) is 2.68. The van der Waals surface area contributed by atoms with Crippen molar-refractivity contribution in [3.05, 3.63) is 11.8 Å². The lowest BCUT2D eigenvalue weighted by Crippen LogP contribution is -2.34. The molecule has 1 aromatic rings. The largest absolute Gasteiger partial charge is 0.382 e. The van der Waals surface area contributed by atoms with Crippen LogP contribution >= 0.6 is 0 Å². The van der Waals surface area contributed by atoms with E-state index in [1.165, 1.54) is 31.6 Å². The first-order valence-electron chi connectivity index (χ1n) is 5.66. The molecule has 2 N–H and O–H groups in total. The van der Waals surface area contributed by atoms with E-state index in [2.05, 4.69) is 16.9 Å². The van der Waals surface area contributed by atoms with E-state index in [0.717, 1.165) is 12.5 Å². The van der Waals surface area contributed by atoms with Crippen LogP contribution in [0.2, 0.25) is 0 Å². The van der Waals surface area contributed by atoms with Gasteiger partial charge in [0.1, 0.15) is 5.82 Å². The molecule has 0 radical (unpaired) electrons. The summed E-state index contributed by atoms with van der Waals surface area (Å²) >= 11 is 0. The molecule has 0 aromatic carbocycles. The summed E-state index contributed by atoms with van der Waals surface area (Å²) in [5.74, 6) is 1.45. The molecule has 0 saturated carbocycles. The second-order valence-corrected chi connectivity index (χ2v) is 4.67. The molecule has 1 aliphatic rings. The van der Waals surface area contributed by atoms with Gasteiger partial charge < -0.3 is 5.73 Å². The number of anilines is 1. The number of aryl methyl sites for hydroxylation is 1. The molecule has 4 nitrogen and oxygen atoms in total. The Balaban J connectivity index is 1.99. The van der Waals surface area contributed by atoms with Crippen LogP contribution < -0.4 is 5.73 Å². The molecule has 1 fully saturated rings. The number of nitrogen functional groups attached to an aromatic ring is 1. The highest BCUT2D eigenvalue weighted by atomic mass is 15.3. The van der Waals surface area contributed by atoms with Crippen LogP contribution in [0.1, 0.15) is 25.5 Å². The standard InChI is InChI=1S/C11H20N4/c1-9-4-3-5-15(7-9)8-10-6-11(12)13-14(10)2/h6,9H,3-5,7-8H2,1-2H3,(H2,12,13). The van der Waals surface area contributed by atoms with Crippen LogP contribution in [0.15, 0.2) is 6.07 Å². The van der Waals surface area contributed by atoms with Crippen LogP contribution in [0.4, 0.5) is 5.82 Å². The van der Waals surface area contributed by atoms with Crippen molar-refractivity contribution in [3.8, 4) is 0 Å². The van der Waals surface area contributed by atoms with E-state index in [-0.39, 0.29) is 0 Å². The SMILES string of the molecule is CC1CCCN(Cc2cc(N)nn2C)C1. The summed E-state index contributed by atoms with van der Waals surface area (Å²) in [5.41, 5.74) is 6.87. The second kappa shape index (κ2) is 4.23. The molecule has 0 spiro atoms. The Hall–Kier alpha value is -1.03. The van der Waals surface area contributed by atoms with Gasteiger partial charge in [-0.1, -0.05) is 6.92 Å². The third-order valence-corrected chi connectivity index (χ3v) is 3.12. The van der Waals surface area contributed by atoms with E-state index in [4.69, 9.17) is 5.73 Å². The molecule has 0 aliphatic carbocycles. The summed E-state index contributed by atoms with van der Waals surface area (Å²) in [5, 5.41) is 4.16. The zero-order valence-electron chi connectivity index (χ0n) is 9.61. The summed E-state index contributed by atoms with van der Waals surface area (Å²) in [4.78, 5) is 2.49. The Kier molecular flexibility index (Phi) is 2.95. The first-order chi connectivity index (χ1) is 7.15. The molecule has 84 valence electrons. The average molecular weight is 208 g/mol. The van der Waals surface area contributed by atoms with E-state index in [0.29, 0.717) is 5.82 Å². The number of nitrogens with zero attached hydrogens (tertiary/aromatic N) is 3. The van der Waals surface area contributed by atoms with Crippen LogP contribution in [-0.2, 0) is 13.6 Å². The predicted molar refractivity (Wildman–Crippen MR) is 61.3 cm³/mol. The number of hydrogen-bond acceptors (Lipinski definition) is 3. The van der Waals surface area contributed by atoms with Crippen molar-refractivity contribution >= 4 is 5.82 Å². The van der Waals surface area contributed by atoms with Gasteiger partial charge >= 0.3 is 0 Å². The van der Waals surface area contributed by atoms with Crippen molar-refractivity contribution in [2.75, 3.05) is 18.8 Å². The zero-order valence-corrected chi connectivity index (χ0v) is 9.61. The number of hydrogen-bond donors (Lipinski definition) is 1. The molecule has 1 atom stereocenters. The van der Waals surface area contributed by atoms with Gasteiger partial charge in [-0.05, 0) is 25.3 Å². The summed E-state index contributed by atoms with van der Waals surface area (Å²) in [7, 11) is 1.96. The van der Waals surface area contributed by atoms with Crippen molar-refractivity contribution in [2.45, 2.75) is 26.3 Å². The Morgan fingerprint density at radius 1 is 1.60 bits per heavy atom. The van der Waals surface area contributed by atoms with Crippen molar-refractivity contribution in [2.24, 2.45) is 13.0 Å². The maximum absolute atomic E-state index is 5.66. The number of aromatic nitrogens is 2. The van der Waals surface area contributed by atoms with E-state index >= 15 is 0 Å². The Labute approximate surface area is 91.1 Å². The molecule has 2 rings (SSSR count). The smallest absolute Gasteiger partial charge is 0.145 e. The van der Waals surface area contributed by atoms with Gasteiger partial charge in [0.15, 0.2) is 0 Å². The first kappa shape index (κ1) is 10.5. The highest BCUT2D eigenvalue weighted by molar-refractivity contribution is 5.29. The highest BCUT2D eigenvalue weighted by Crippen LogP contribution is 2.18. The predicted octanol–water partition coefficient (Wildman–Crippen LogP) is 1.23. The molecule has 15 heavy (non-hydrogen) atoms. The second-order valence-electron chi connectivity index (χ2n) is 4.67. The van der Waals surface area contributed by atoms with Gasteiger partial charge in [-0.2, -0.15) is 5.10 Å². The Bertz CT molecular complexity index is 331. The third kappa shape index (κ3) is 2.50. The number of likely N-dealkylation sites (tertiary alicyclic amines) is 1. The average Bonchev–Trinajstić information content (AvgIpc) is 2.45. The normalized spacial score (nSPS) is 23.2. The molecule has 1 unspecified atom stereocenters. The minimum absolute atomic E-state index is 0.623. The molecule has 0 bridgehead atoms. The molecule has 2 heterocycles. The fraction of sp³-hybridized carbons (Fsp3) is 0.727. The number of rotatable bonds is 2. The zero-order chi connectivity index (χ0) is 10.8. The highest BCUT2D eigenvalue weighted by Gasteiger charge is 2.17. The lowest BCUT2D eigenvalue weighted by Gasteiger charge is -2.30. The van der Waals surface area contributed by atoms with Gasteiger partial charge in [-0.15, -0.1) is 0 Å². The van der Waals surface area contributed by atoms with Crippen molar-refractivity contribution in [1.29, 1.82) is 0 Å².